The quantitative estimate of drug-likeness (QED) is 0.505. The third-order valence-electron chi connectivity index (χ3n) is 2.26. The molecule has 0 aliphatic rings. The standard InChI is InChI=1S/C12H11NO3S/c1-7(14)10(12(15)16-2)11-13-8-5-3-4-6-9(8)17-11/h3-6,14H,1-2H3/b10-7+. The molecule has 0 aliphatic carbocycles. The van der Waals surface area contributed by atoms with Crippen LogP contribution in [0.15, 0.2) is 30.0 Å². The number of nitrogens with zero attached hydrogens (tertiary/aromatic N) is 1. The van der Waals surface area contributed by atoms with Gasteiger partial charge in [0.05, 0.1) is 17.3 Å². The second-order valence-electron chi connectivity index (χ2n) is 3.44. The number of fused-ring (bicyclic) bond motifs is 1. The highest BCUT2D eigenvalue weighted by Crippen LogP contribution is 2.28. The maximum atomic E-state index is 11.6. The van der Waals surface area contributed by atoms with Gasteiger partial charge in [-0.3, -0.25) is 0 Å². The van der Waals surface area contributed by atoms with Crippen LogP contribution in [0.2, 0.25) is 0 Å². The van der Waals surface area contributed by atoms with Crippen molar-refractivity contribution in [2.24, 2.45) is 0 Å². The van der Waals surface area contributed by atoms with Crippen molar-refractivity contribution in [3.63, 3.8) is 0 Å². The molecule has 1 N–H and O–H groups in total. The highest BCUT2D eigenvalue weighted by molar-refractivity contribution is 7.19. The van der Waals surface area contributed by atoms with E-state index in [1.165, 1.54) is 25.4 Å². The number of esters is 1. The van der Waals surface area contributed by atoms with Crippen molar-refractivity contribution < 1.29 is 14.6 Å². The zero-order chi connectivity index (χ0) is 12.4. The van der Waals surface area contributed by atoms with Crippen LogP contribution >= 0.6 is 11.3 Å². The second kappa shape index (κ2) is 4.55. The number of methoxy groups -OCH3 is 1. The summed E-state index contributed by atoms with van der Waals surface area (Å²) in [6.45, 7) is 1.44. The van der Waals surface area contributed by atoms with Gasteiger partial charge in [-0.1, -0.05) is 12.1 Å². The van der Waals surface area contributed by atoms with Gasteiger partial charge in [0.25, 0.3) is 0 Å². The van der Waals surface area contributed by atoms with Crippen LogP contribution in [-0.2, 0) is 9.53 Å². The molecule has 0 spiro atoms. The van der Waals surface area contributed by atoms with Crippen LogP contribution in [0.3, 0.4) is 0 Å². The summed E-state index contributed by atoms with van der Waals surface area (Å²) in [6.07, 6.45) is 0. The van der Waals surface area contributed by atoms with Gasteiger partial charge in [0, 0.05) is 0 Å². The van der Waals surface area contributed by atoms with Gasteiger partial charge in [-0.15, -0.1) is 11.3 Å². The first-order valence-corrected chi connectivity index (χ1v) is 5.79. The van der Waals surface area contributed by atoms with E-state index in [1.807, 2.05) is 24.3 Å². The number of thiazole rings is 1. The first kappa shape index (κ1) is 11.6. The van der Waals surface area contributed by atoms with E-state index >= 15 is 0 Å². The molecule has 88 valence electrons. The zero-order valence-corrected chi connectivity index (χ0v) is 10.2. The van der Waals surface area contributed by atoms with Gasteiger partial charge >= 0.3 is 5.97 Å². The monoisotopic (exact) mass is 249 g/mol. The number of aliphatic hydroxyl groups is 1. The summed E-state index contributed by atoms with van der Waals surface area (Å²) < 4.78 is 5.60. The van der Waals surface area contributed by atoms with Crippen LogP contribution in [0.25, 0.3) is 15.8 Å². The molecule has 0 fully saturated rings. The number of benzene rings is 1. The molecule has 0 amide bonds. The molecule has 0 bridgehead atoms. The Morgan fingerprint density at radius 1 is 1.41 bits per heavy atom. The number of hydrogen-bond donors (Lipinski definition) is 1. The van der Waals surface area contributed by atoms with Gasteiger partial charge in [-0.2, -0.15) is 0 Å². The lowest BCUT2D eigenvalue weighted by Gasteiger charge is -2.02. The predicted octanol–water partition coefficient (Wildman–Crippen LogP) is 2.76. The summed E-state index contributed by atoms with van der Waals surface area (Å²) in [6, 6.07) is 7.55. The first-order chi connectivity index (χ1) is 8.13. The Bertz CT molecular complexity index is 564. The van der Waals surface area contributed by atoms with E-state index in [4.69, 9.17) is 0 Å². The van der Waals surface area contributed by atoms with Crippen molar-refractivity contribution in [2.75, 3.05) is 7.11 Å². The lowest BCUT2D eigenvalue weighted by Crippen LogP contribution is -2.05. The van der Waals surface area contributed by atoms with Crippen molar-refractivity contribution >= 4 is 33.1 Å². The number of hydrogen-bond acceptors (Lipinski definition) is 5. The average Bonchev–Trinajstić information content (AvgIpc) is 2.71. The summed E-state index contributed by atoms with van der Waals surface area (Å²) in [7, 11) is 1.28. The Morgan fingerprint density at radius 3 is 2.71 bits per heavy atom. The maximum absolute atomic E-state index is 11.6. The van der Waals surface area contributed by atoms with Crippen molar-refractivity contribution in [3.05, 3.63) is 35.0 Å². The minimum absolute atomic E-state index is 0.0871. The Kier molecular flexibility index (Phi) is 3.10. The SMILES string of the molecule is COC(=O)/C(=C(\C)O)c1nc2ccccc2s1. The topological polar surface area (TPSA) is 59.4 Å². The number of carbonyl (C=O) groups excluding carboxylic acids is 1. The van der Waals surface area contributed by atoms with Crippen LogP contribution < -0.4 is 0 Å². The molecule has 0 unspecified atom stereocenters. The zero-order valence-electron chi connectivity index (χ0n) is 9.43. The van der Waals surface area contributed by atoms with Gasteiger partial charge in [0.15, 0.2) is 0 Å². The Hall–Kier alpha value is -1.88. The van der Waals surface area contributed by atoms with Crippen LogP contribution in [0.4, 0.5) is 0 Å². The maximum Gasteiger partial charge on any atom is 0.344 e. The van der Waals surface area contributed by atoms with E-state index in [0.717, 1.165) is 10.2 Å². The summed E-state index contributed by atoms with van der Waals surface area (Å²) in [4.78, 5) is 15.9. The Morgan fingerprint density at radius 2 is 2.12 bits per heavy atom. The third kappa shape index (κ3) is 2.14. The molecular formula is C12H11NO3S. The van der Waals surface area contributed by atoms with E-state index < -0.39 is 5.97 Å². The molecule has 0 atom stereocenters. The molecule has 1 aromatic heterocycles. The lowest BCUT2D eigenvalue weighted by atomic mass is 10.2. The fourth-order valence-electron chi connectivity index (χ4n) is 1.47. The number of ether oxygens (including phenoxy) is 1. The smallest absolute Gasteiger partial charge is 0.344 e. The molecule has 2 aromatic rings. The minimum Gasteiger partial charge on any atom is -0.512 e. The summed E-state index contributed by atoms with van der Waals surface area (Å²) in [5.41, 5.74) is 0.920. The number of allylic oxidation sites excluding steroid dienone is 1. The molecule has 5 heteroatoms. The molecule has 0 aliphatic heterocycles. The molecule has 4 nitrogen and oxygen atoms in total. The van der Waals surface area contributed by atoms with Crippen molar-refractivity contribution in [2.45, 2.75) is 6.92 Å². The molecular weight excluding hydrogens is 238 g/mol. The minimum atomic E-state index is -0.580. The van der Waals surface area contributed by atoms with E-state index in [0.29, 0.717) is 5.01 Å². The van der Waals surface area contributed by atoms with Crippen LogP contribution in [0.5, 0.6) is 0 Å². The third-order valence-corrected chi connectivity index (χ3v) is 3.31. The van der Waals surface area contributed by atoms with Gasteiger partial charge in [-0.05, 0) is 19.1 Å². The number of rotatable bonds is 2. The van der Waals surface area contributed by atoms with Crippen LogP contribution in [0, 0.1) is 0 Å². The molecule has 1 aromatic carbocycles. The fourth-order valence-corrected chi connectivity index (χ4v) is 2.52. The van der Waals surface area contributed by atoms with Crippen LogP contribution in [-0.4, -0.2) is 23.2 Å². The molecule has 0 saturated carbocycles. The van der Waals surface area contributed by atoms with E-state index in [2.05, 4.69) is 9.72 Å². The first-order valence-electron chi connectivity index (χ1n) is 4.97. The number of aliphatic hydroxyl groups excluding tert-OH is 1. The predicted molar refractivity (Wildman–Crippen MR) is 66.9 cm³/mol. The Balaban J connectivity index is 2.58. The van der Waals surface area contributed by atoms with E-state index in [1.54, 1.807) is 0 Å². The summed E-state index contributed by atoms with van der Waals surface area (Å²) in [5.74, 6) is -0.667. The van der Waals surface area contributed by atoms with Crippen molar-refractivity contribution in [3.8, 4) is 0 Å². The van der Waals surface area contributed by atoms with E-state index in [-0.39, 0.29) is 11.3 Å². The molecule has 0 radical (unpaired) electrons. The number of carbonyl (C=O) groups is 1. The normalized spacial score (nSPS) is 12.4. The van der Waals surface area contributed by atoms with Crippen LogP contribution in [0.1, 0.15) is 11.9 Å². The number of aromatic nitrogens is 1. The highest BCUT2D eigenvalue weighted by atomic mass is 32.1. The summed E-state index contributed by atoms with van der Waals surface area (Å²) >= 11 is 1.35. The van der Waals surface area contributed by atoms with Gasteiger partial charge in [-0.25, -0.2) is 9.78 Å². The Labute approximate surface area is 102 Å². The van der Waals surface area contributed by atoms with E-state index in [9.17, 15) is 9.90 Å². The van der Waals surface area contributed by atoms with Crippen molar-refractivity contribution in [1.82, 2.24) is 4.98 Å². The number of para-hydroxylation sites is 1. The lowest BCUT2D eigenvalue weighted by molar-refractivity contribution is -0.133. The van der Waals surface area contributed by atoms with Gasteiger partial charge in [0.2, 0.25) is 0 Å². The summed E-state index contributed by atoms with van der Waals surface area (Å²) in [5, 5.41) is 10.0. The fraction of sp³-hybridized carbons (Fsp3) is 0.167. The molecule has 2 rings (SSSR count). The molecule has 0 saturated heterocycles. The molecule has 1 heterocycles. The second-order valence-corrected chi connectivity index (χ2v) is 4.47. The molecule has 17 heavy (non-hydrogen) atoms. The van der Waals surface area contributed by atoms with Gasteiger partial charge < -0.3 is 9.84 Å². The van der Waals surface area contributed by atoms with Crippen molar-refractivity contribution in [1.29, 1.82) is 0 Å². The average molecular weight is 249 g/mol. The van der Waals surface area contributed by atoms with Gasteiger partial charge in [0.1, 0.15) is 16.3 Å². The largest absolute Gasteiger partial charge is 0.512 e. The highest BCUT2D eigenvalue weighted by Gasteiger charge is 2.20.